The summed E-state index contributed by atoms with van der Waals surface area (Å²) in [6, 6.07) is 9.09. The minimum atomic E-state index is -0.0554. The molecular weight excluding hydrogens is 216 g/mol. The molecule has 1 heterocycles. The first-order chi connectivity index (χ1) is 8.29. The summed E-state index contributed by atoms with van der Waals surface area (Å²) in [5, 5.41) is 5.99. The van der Waals surface area contributed by atoms with Crippen molar-refractivity contribution in [3.8, 4) is 0 Å². The van der Waals surface area contributed by atoms with Gasteiger partial charge in [0.1, 0.15) is 6.29 Å². The van der Waals surface area contributed by atoms with Gasteiger partial charge in [-0.1, -0.05) is 18.2 Å². The number of carbonyl (C=O) groups is 2. The van der Waals surface area contributed by atoms with Crippen LogP contribution in [-0.2, 0) is 4.79 Å². The zero-order chi connectivity index (χ0) is 12.1. The summed E-state index contributed by atoms with van der Waals surface area (Å²) in [5.41, 5.74) is 0.672. The zero-order valence-corrected chi connectivity index (χ0v) is 9.56. The second-order valence-corrected chi connectivity index (χ2v) is 4.33. The molecule has 0 aliphatic carbocycles. The number of hydrogen-bond acceptors (Lipinski definition) is 3. The van der Waals surface area contributed by atoms with Gasteiger partial charge in [0, 0.05) is 18.7 Å². The van der Waals surface area contributed by atoms with Crippen molar-refractivity contribution in [1.29, 1.82) is 0 Å². The van der Waals surface area contributed by atoms with E-state index in [1.807, 2.05) is 18.2 Å². The molecule has 2 rings (SSSR count). The molecule has 1 aromatic carbocycles. The van der Waals surface area contributed by atoms with Crippen molar-refractivity contribution in [3.05, 3.63) is 35.9 Å². The molecule has 90 valence electrons. The van der Waals surface area contributed by atoms with Gasteiger partial charge >= 0.3 is 0 Å². The highest BCUT2D eigenvalue weighted by molar-refractivity contribution is 5.94. The molecule has 2 N–H and O–H groups in total. The molecule has 2 atom stereocenters. The van der Waals surface area contributed by atoms with Crippen LogP contribution in [0.1, 0.15) is 16.8 Å². The van der Waals surface area contributed by atoms with Crippen LogP contribution in [0.3, 0.4) is 0 Å². The highest BCUT2D eigenvalue weighted by Crippen LogP contribution is 2.11. The topological polar surface area (TPSA) is 58.2 Å². The number of hydrogen-bond donors (Lipinski definition) is 2. The molecule has 1 aliphatic heterocycles. The van der Waals surface area contributed by atoms with Crippen molar-refractivity contribution in [1.82, 2.24) is 10.6 Å². The molecule has 1 saturated heterocycles. The Kier molecular flexibility index (Phi) is 3.88. The van der Waals surface area contributed by atoms with Crippen LogP contribution < -0.4 is 10.6 Å². The van der Waals surface area contributed by atoms with Gasteiger partial charge in [0.15, 0.2) is 0 Å². The van der Waals surface area contributed by atoms with Crippen LogP contribution in [0.4, 0.5) is 0 Å². The quantitative estimate of drug-likeness (QED) is 0.747. The fraction of sp³-hybridized carbons (Fsp3) is 0.385. The van der Waals surface area contributed by atoms with Crippen LogP contribution in [0, 0.1) is 5.92 Å². The van der Waals surface area contributed by atoms with Crippen LogP contribution in [0.2, 0.25) is 0 Å². The highest BCUT2D eigenvalue weighted by atomic mass is 16.1. The Balaban J connectivity index is 1.79. The van der Waals surface area contributed by atoms with E-state index in [1.165, 1.54) is 0 Å². The molecule has 4 heteroatoms. The summed E-state index contributed by atoms with van der Waals surface area (Å²) in [6.07, 6.45) is 1.73. The van der Waals surface area contributed by atoms with E-state index in [2.05, 4.69) is 10.6 Å². The summed E-state index contributed by atoms with van der Waals surface area (Å²) in [4.78, 5) is 22.3. The summed E-state index contributed by atoms with van der Waals surface area (Å²) in [7, 11) is 0. The summed E-state index contributed by atoms with van der Waals surface area (Å²) >= 11 is 0. The summed E-state index contributed by atoms with van der Waals surface area (Å²) in [6.45, 7) is 1.41. The third kappa shape index (κ3) is 3.14. The SMILES string of the molecule is O=C[C@@H]1C[C@@H](CNC(=O)c2ccccc2)CN1. The fourth-order valence-corrected chi connectivity index (χ4v) is 2.03. The molecular formula is C13H16N2O2. The van der Waals surface area contributed by atoms with Gasteiger partial charge in [-0.15, -0.1) is 0 Å². The first-order valence-corrected chi connectivity index (χ1v) is 5.81. The van der Waals surface area contributed by atoms with Crippen LogP contribution in [-0.4, -0.2) is 31.3 Å². The number of rotatable bonds is 4. The molecule has 0 aromatic heterocycles. The lowest BCUT2D eigenvalue weighted by Crippen LogP contribution is -2.30. The van der Waals surface area contributed by atoms with Gasteiger partial charge in [-0.3, -0.25) is 4.79 Å². The molecule has 1 fully saturated rings. The molecule has 4 nitrogen and oxygen atoms in total. The van der Waals surface area contributed by atoms with Crippen LogP contribution in [0.25, 0.3) is 0 Å². The highest BCUT2D eigenvalue weighted by Gasteiger charge is 2.23. The predicted molar refractivity (Wildman–Crippen MR) is 64.7 cm³/mol. The Morgan fingerprint density at radius 2 is 2.18 bits per heavy atom. The van der Waals surface area contributed by atoms with E-state index in [0.717, 1.165) is 19.3 Å². The molecule has 0 unspecified atom stereocenters. The molecule has 0 bridgehead atoms. The minimum absolute atomic E-state index is 0.0476. The number of amides is 1. The largest absolute Gasteiger partial charge is 0.352 e. The van der Waals surface area contributed by atoms with E-state index in [0.29, 0.717) is 18.0 Å². The normalized spacial score (nSPS) is 23.3. The van der Waals surface area contributed by atoms with Crippen molar-refractivity contribution < 1.29 is 9.59 Å². The number of aldehydes is 1. The predicted octanol–water partition coefficient (Wildman–Crippen LogP) is 0.593. The lowest BCUT2D eigenvalue weighted by molar-refractivity contribution is -0.109. The van der Waals surface area contributed by atoms with Crippen molar-refractivity contribution in [2.75, 3.05) is 13.1 Å². The van der Waals surface area contributed by atoms with Gasteiger partial charge in [-0.2, -0.15) is 0 Å². The van der Waals surface area contributed by atoms with Gasteiger partial charge < -0.3 is 15.4 Å². The Morgan fingerprint density at radius 3 is 2.82 bits per heavy atom. The van der Waals surface area contributed by atoms with Crippen molar-refractivity contribution in [3.63, 3.8) is 0 Å². The smallest absolute Gasteiger partial charge is 0.251 e. The second-order valence-electron chi connectivity index (χ2n) is 4.33. The average Bonchev–Trinajstić information content (AvgIpc) is 2.85. The molecule has 1 aromatic rings. The molecule has 1 aliphatic rings. The first kappa shape index (κ1) is 11.8. The maximum Gasteiger partial charge on any atom is 0.251 e. The van der Waals surface area contributed by atoms with Crippen LogP contribution >= 0.6 is 0 Å². The number of nitrogens with one attached hydrogen (secondary N) is 2. The molecule has 0 saturated carbocycles. The third-order valence-electron chi connectivity index (χ3n) is 3.01. The first-order valence-electron chi connectivity index (χ1n) is 5.81. The Morgan fingerprint density at radius 1 is 1.41 bits per heavy atom. The monoisotopic (exact) mass is 232 g/mol. The average molecular weight is 232 g/mol. The lowest BCUT2D eigenvalue weighted by Gasteiger charge is -2.10. The maximum atomic E-state index is 11.8. The summed E-state index contributed by atoms with van der Waals surface area (Å²) < 4.78 is 0. The second kappa shape index (κ2) is 5.59. The van der Waals surface area contributed by atoms with E-state index >= 15 is 0 Å². The van der Waals surface area contributed by atoms with Crippen LogP contribution in [0.5, 0.6) is 0 Å². The van der Waals surface area contributed by atoms with Crippen LogP contribution in [0.15, 0.2) is 30.3 Å². The maximum absolute atomic E-state index is 11.8. The van der Waals surface area contributed by atoms with E-state index in [1.54, 1.807) is 12.1 Å². The van der Waals surface area contributed by atoms with Gasteiger partial charge in [0.2, 0.25) is 0 Å². The van der Waals surface area contributed by atoms with Gasteiger partial charge in [0.05, 0.1) is 6.04 Å². The van der Waals surface area contributed by atoms with E-state index in [4.69, 9.17) is 0 Å². The number of carbonyl (C=O) groups excluding carboxylic acids is 2. The molecule has 0 radical (unpaired) electrons. The fourth-order valence-electron chi connectivity index (χ4n) is 2.03. The Hall–Kier alpha value is -1.68. The van der Waals surface area contributed by atoms with Crippen molar-refractivity contribution >= 4 is 12.2 Å². The van der Waals surface area contributed by atoms with Gasteiger partial charge in [-0.05, 0) is 24.5 Å². The Bertz CT molecular complexity index is 392. The van der Waals surface area contributed by atoms with E-state index in [9.17, 15) is 9.59 Å². The van der Waals surface area contributed by atoms with Crippen molar-refractivity contribution in [2.24, 2.45) is 5.92 Å². The van der Waals surface area contributed by atoms with E-state index < -0.39 is 0 Å². The molecule has 17 heavy (non-hydrogen) atoms. The molecule has 1 amide bonds. The Labute approximate surface area is 100 Å². The standard InChI is InChI=1S/C13H16N2O2/c16-9-12-6-10(7-14-12)8-15-13(17)11-4-2-1-3-5-11/h1-5,9-10,12,14H,6-8H2,(H,15,17)/t10-,12+/m1/s1. The molecule has 0 spiro atoms. The summed E-state index contributed by atoms with van der Waals surface area (Å²) in [5.74, 6) is 0.290. The van der Waals surface area contributed by atoms with E-state index in [-0.39, 0.29) is 11.9 Å². The van der Waals surface area contributed by atoms with Gasteiger partial charge in [0.25, 0.3) is 5.91 Å². The van der Waals surface area contributed by atoms with Gasteiger partial charge in [-0.25, -0.2) is 0 Å². The van der Waals surface area contributed by atoms with Crippen molar-refractivity contribution in [2.45, 2.75) is 12.5 Å². The minimum Gasteiger partial charge on any atom is -0.352 e. The third-order valence-corrected chi connectivity index (χ3v) is 3.01. The number of benzene rings is 1. The lowest BCUT2D eigenvalue weighted by atomic mass is 10.1. The zero-order valence-electron chi connectivity index (χ0n) is 9.56.